The predicted molar refractivity (Wildman–Crippen MR) is 82.8 cm³/mol. The molecule has 20 heavy (non-hydrogen) atoms. The molecule has 1 unspecified atom stereocenters. The molecule has 0 bridgehead atoms. The fourth-order valence-electron chi connectivity index (χ4n) is 2.22. The van der Waals surface area contributed by atoms with Gasteiger partial charge < -0.3 is 10.1 Å². The van der Waals surface area contributed by atoms with Crippen LogP contribution in [0, 0.1) is 18.7 Å². The van der Waals surface area contributed by atoms with E-state index in [9.17, 15) is 4.39 Å². The molecule has 0 saturated heterocycles. The Balaban J connectivity index is 2.78. The molecule has 0 aromatic heterocycles. The molecule has 3 heteroatoms. The summed E-state index contributed by atoms with van der Waals surface area (Å²) in [7, 11) is 0. The summed E-state index contributed by atoms with van der Waals surface area (Å²) in [5.41, 5.74) is 1.54. The molecule has 1 N–H and O–H groups in total. The summed E-state index contributed by atoms with van der Waals surface area (Å²) in [5.74, 6) is 1.33. The summed E-state index contributed by atoms with van der Waals surface area (Å²) in [4.78, 5) is 0. The first kappa shape index (κ1) is 17.0. The Labute approximate surface area is 122 Å². The van der Waals surface area contributed by atoms with E-state index in [2.05, 4.69) is 19.2 Å². The fraction of sp³-hybridized carbons (Fsp3) is 0.647. The molecule has 0 amide bonds. The average Bonchev–Trinajstić information content (AvgIpc) is 2.38. The van der Waals surface area contributed by atoms with Crippen LogP contribution in [0.25, 0.3) is 0 Å². The largest absolute Gasteiger partial charge is 0.493 e. The van der Waals surface area contributed by atoms with Crippen molar-refractivity contribution in [2.45, 2.75) is 53.5 Å². The van der Waals surface area contributed by atoms with Gasteiger partial charge in [0, 0.05) is 11.6 Å². The van der Waals surface area contributed by atoms with E-state index in [1.807, 2.05) is 19.9 Å². The standard InChI is InChI=1S/C17H28FNO/c1-6-19-14(5)15-11-16(18)13(4)10-17(15)20-9-7-8-12(2)3/h10-12,14,19H,6-9H2,1-5H3. The van der Waals surface area contributed by atoms with E-state index in [0.29, 0.717) is 18.1 Å². The van der Waals surface area contributed by atoms with Gasteiger partial charge in [0.15, 0.2) is 0 Å². The number of halogens is 1. The minimum absolute atomic E-state index is 0.0928. The lowest BCUT2D eigenvalue weighted by Crippen LogP contribution is -2.19. The molecule has 0 heterocycles. The van der Waals surface area contributed by atoms with Crippen LogP contribution in [0.2, 0.25) is 0 Å². The van der Waals surface area contributed by atoms with Crippen LogP contribution in [0.15, 0.2) is 12.1 Å². The zero-order valence-corrected chi connectivity index (χ0v) is 13.4. The number of ether oxygens (including phenoxy) is 1. The quantitative estimate of drug-likeness (QED) is 0.702. The molecule has 1 aromatic carbocycles. The van der Waals surface area contributed by atoms with E-state index in [1.165, 1.54) is 0 Å². The molecule has 0 aliphatic heterocycles. The van der Waals surface area contributed by atoms with Crippen molar-refractivity contribution in [3.8, 4) is 5.75 Å². The van der Waals surface area contributed by atoms with Crippen LogP contribution >= 0.6 is 0 Å². The van der Waals surface area contributed by atoms with Crippen LogP contribution in [0.4, 0.5) is 4.39 Å². The van der Waals surface area contributed by atoms with Gasteiger partial charge in [-0.15, -0.1) is 0 Å². The maximum atomic E-state index is 13.8. The zero-order valence-electron chi connectivity index (χ0n) is 13.4. The highest BCUT2D eigenvalue weighted by Gasteiger charge is 2.14. The van der Waals surface area contributed by atoms with Gasteiger partial charge in [-0.2, -0.15) is 0 Å². The normalized spacial score (nSPS) is 12.8. The van der Waals surface area contributed by atoms with Gasteiger partial charge in [-0.3, -0.25) is 0 Å². The van der Waals surface area contributed by atoms with Crippen LogP contribution in [-0.2, 0) is 0 Å². The first-order valence-electron chi connectivity index (χ1n) is 7.61. The van der Waals surface area contributed by atoms with Gasteiger partial charge in [-0.1, -0.05) is 20.8 Å². The molecule has 114 valence electrons. The number of nitrogens with one attached hydrogen (secondary N) is 1. The Morgan fingerprint density at radius 1 is 1.25 bits per heavy atom. The van der Waals surface area contributed by atoms with Crippen molar-refractivity contribution in [3.05, 3.63) is 29.1 Å². The molecule has 0 radical (unpaired) electrons. The summed E-state index contributed by atoms with van der Waals surface area (Å²) in [6.45, 7) is 11.8. The highest BCUT2D eigenvalue weighted by molar-refractivity contribution is 5.40. The van der Waals surface area contributed by atoms with Crippen molar-refractivity contribution < 1.29 is 9.13 Å². The first-order valence-corrected chi connectivity index (χ1v) is 7.61. The SMILES string of the molecule is CCNC(C)c1cc(F)c(C)cc1OCCCC(C)C. The fourth-order valence-corrected chi connectivity index (χ4v) is 2.22. The zero-order chi connectivity index (χ0) is 15.1. The molecule has 2 nitrogen and oxygen atoms in total. The third-order valence-corrected chi connectivity index (χ3v) is 3.45. The molecule has 0 fully saturated rings. The Kier molecular flexibility index (Phi) is 7.00. The Morgan fingerprint density at radius 2 is 1.95 bits per heavy atom. The van der Waals surface area contributed by atoms with Gasteiger partial charge in [0.25, 0.3) is 0 Å². The smallest absolute Gasteiger partial charge is 0.126 e. The Morgan fingerprint density at radius 3 is 2.55 bits per heavy atom. The molecule has 0 aliphatic carbocycles. The Bertz CT molecular complexity index is 418. The van der Waals surface area contributed by atoms with Gasteiger partial charge in [0.05, 0.1) is 6.61 Å². The summed E-state index contributed by atoms with van der Waals surface area (Å²) in [5, 5.41) is 3.31. The van der Waals surface area contributed by atoms with E-state index in [1.54, 1.807) is 13.0 Å². The van der Waals surface area contributed by atoms with Crippen LogP contribution < -0.4 is 10.1 Å². The molecule has 0 aliphatic rings. The van der Waals surface area contributed by atoms with Gasteiger partial charge in [0.2, 0.25) is 0 Å². The number of hydrogen-bond acceptors (Lipinski definition) is 2. The minimum Gasteiger partial charge on any atom is -0.493 e. The highest BCUT2D eigenvalue weighted by atomic mass is 19.1. The first-order chi connectivity index (χ1) is 9.45. The van der Waals surface area contributed by atoms with Crippen molar-refractivity contribution in [2.75, 3.05) is 13.2 Å². The maximum Gasteiger partial charge on any atom is 0.126 e. The lowest BCUT2D eigenvalue weighted by atomic mass is 10.0. The molecular weight excluding hydrogens is 253 g/mol. The van der Waals surface area contributed by atoms with E-state index < -0.39 is 0 Å². The third kappa shape index (κ3) is 5.12. The van der Waals surface area contributed by atoms with Crippen molar-refractivity contribution >= 4 is 0 Å². The summed E-state index contributed by atoms with van der Waals surface area (Å²) < 4.78 is 19.7. The van der Waals surface area contributed by atoms with Crippen molar-refractivity contribution in [3.63, 3.8) is 0 Å². The minimum atomic E-state index is -0.167. The molecule has 0 saturated carbocycles. The van der Waals surface area contributed by atoms with Gasteiger partial charge in [0.1, 0.15) is 11.6 Å². The number of benzene rings is 1. The van der Waals surface area contributed by atoms with Crippen molar-refractivity contribution in [2.24, 2.45) is 5.92 Å². The number of rotatable bonds is 8. The second-order valence-electron chi connectivity index (χ2n) is 5.80. The van der Waals surface area contributed by atoms with Crippen LogP contribution in [-0.4, -0.2) is 13.2 Å². The second kappa shape index (κ2) is 8.25. The number of hydrogen-bond donors (Lipinski definition) is 1. The number of aryl methyl sites for hydroxylation is 1. The Hall–Kier alpha value is -1.09. The van der Waals surface area contributed by atoms with Gasteiger partial charge in [-0.25, -0.2) is 4.39 Å². The van der Waals surface area contributed by atoms with Crippen LogP contribution in [0.5, 0.6) is 5.75 Å². The third-order valence-electron chi connectivity index (χ3n) is 3.45. The predicted octanol–water partition coefficient (Wildman–Crippen LogP) is 4.62. The molecule has 1 aromatic rings. The summed E-state index contributed by atoms with van der Waals surface area (Å²) in [6, 6.07) is 3.50. The van der Waals surface area contributed by atoms with Gasteiger partial charge in [-0.05, 0) is 56.8 Å². The second-order valence-corrected chi connectivity index (χ2v) is 5.80. The van der Waals surface area contributed by atoms with Crippen LogP contribution in [0.3, 0.4) is 0 Å². The van der Waals surface area contributed by atoms with Crippen LogP contribution in [0.1, 0.15) is 57.7 Å². The molecule has 0 spiro atoms. The van der Waals surface area contributed by atoms with E-state index in [4.69, 9.17) is 4.74 Å². The van der Waals surface area contributed by atoms with E-state index >= 15 is 0 Å². The summed E-state index contributed by atoms with van der Waals surface area (Å²) in [6.07, 6.45) is 2.18. The lowest BCUT2D eigenvalue weighted by Gasteiger charge is -2.19. The highest BCUT2D eigenvalue weighted by Crippen LogP contribution is 2.28. The van der Waals surface area contributed by atoms with Crippen molar-refractivity contribution in [1.82, 2.24) is 5.32 Å². The maximum absolute atomic E-state index is 13.8. The molecule has 1 atom stereocenters. The topological polar surface area (TPSA) is 21.3 Å². The average molecular weight is 281 g/mol. The van der Waals surface area contributed by atoms with E-state index in [0.717, 1.165) is 30.7 Å². The van der Waals surface area contributed by atoms with Gasteiger partial charge >= 0.3 is 0 Å². The lowest BCUT2D eigenvalue weighted by molar-refractivity contribution is 0.291. The summed E-state index contributed by atoms with van der Waals surface area (Å²) >= 11 is 0. The molecule has 1 rings (SSSR count). The van der Waals surface area contributed by atoms with Crippen molar-refractivity contribution in [1.29, 1.82) is 0 Å². The molecular formula is C17H28FNO. The van der Waals surface area contributed by atoms with E-state index in [-0.39, 0.29) is 11.9 Å². The monoisotopic (exact) mass is 281 g/mol.